The number of cyclic esters (lactones) is 1. The van der Waals surface area contributed by atoms with Gasteiger partial charge in [-0.3, -0.25) is 14.3 Å². The van der Waals surface area contributed by atoms with Gasteiger partial charge in [-0.1, -0.05) is 23.5 Å². The van der Waals surface area contributed by atoms with Crippen LogP contribution in [-0.2, 0) is 9.53 Å². The number of thioether (sulfide) groups is 2. The lowest BCUT2D eigenvalue weighted by molar-refractivity contribution is -0.137. The molecule has 0 bridgehead atoms. The molecule has 1 aliphatic rings. The number of hydrogen-bond acceptors (Lipinski definition) is 7. The molecule has 1 aromatic carbocycles. The largest absolute Gasteiger partial charge is 0.465 e. The van der Waals surface area contributed by atoms with E-state index in [1.54, 1.807) is 47.3 Å². The van der Waals surface area contributed by atoms with Crippen LogP contribution in [0.3, 0.4) is 0 Å². The number of hydrogen-bond donors (Lipinski definition) is 0. The van der Waals surface area contributed by atoms with Crippen molar-refractivity contribution in [2.45, 2.75) is 27.5 Å². The molecule has 0 radical (unpaired) electrons. The molecule has 6 nitrogen and oxygen atoms in total. The first kappa shape index (κ1) is 18.9. The van der Waals surface area contributed by atoms with E-state index >= 15 is 0 Å². The average molecular weight is 420 g/mol. The fraction of sp³-hybridized carbons (Fsp3) is 0.222. The number of ether oxygens (including phenoxy) is 1. The summed E-state index contributed by atoms with van der Waals surface area (Å²) in [4.78, 5) is 16.4. The zero-order chi connectivity index (χ0) is 19.5. The number of benzene rings is 1. The Balaban J connectivity index is 1.74. The summed E-state index contributed by atoms with van der Waals surface area (Å²) >= 11 is 1.77. The SMILES string of the molecule is O=C1OCC[C@H]1Sc1nnc(-c2cccnc2)n1-c1ccc(SC(F)F)cc1. The van der Waals surface area contributed by atoms with E-state index in [-0.39, 0.29) is 11.2 Å². The Kier molecular flexibility index (Phi) is 5.58. The van der Waals surface area contributed by atoms with Crippen molar-refractivity contribution in [3.63, 3.8) is 0 Å². The fourth-order valence-electron chi connectivity index (χ4n) is 2.75. The van der Waals surface area contributed by atoms with Gasteiger partial charge in [-0.15, -0.1) is 10.2 Å². The summed E-state index contributed by atoms with van der Waals surface area (Å²) in [6.07, 6.45) is 3.92. The molecule has 0 unspecified atom stereocenters. The van der Waals surface area contributed by atoms with E-state index in [1.165, 1.54) is 11.8 Å². The monoisotopic (exact) mass is 420 g/mol. The number of nitrogens with zero attached hydrogens (tertiary/aromatic N) is 4. The second-order valence-electron chi connectivity index (χ2n) is 5.82. The van der Waals surface area contributed by atoms with E-state index in [4.69, 9.17) is 4.74 Å². The van der Waals surface area contributed by atoms with Gasteiger partial charge in [0.1, 0.15) is 5.25 Å². The maximum absolute atomic E-state index is 12.6. The summed E-state index contributed by atoms with van der Waals surface area (Å²) in [5.41, 5.74) is 1.46. The minimum atomic E-state index is -2.48. The van der Waals surface area contributed by atoms with Crippen LogP contribution in [0.5, 0.6) is 0 Å². The molecule has 0 aliphatic carbocycles. The second-order valence-corrected chi connectivity index (χ2v) is 8.05. The Morgan fingerprint density at radius 3 is 2.64 bits per heavy atom. The summed E-state index contributed by atoms with van der Waals surface area (Å²) in [6, 6.07) is 10.3. The number of rotatable bonds is 6. The molecule has 1 atom stereocenters. The molecule has 10 heteroatoms. The number of halogens is 2. The molecule has 144 valence electrons. The van der Waals surface area contributed by atoms with Gasteiger partial charge in [0, 0.05) is 35.0 Å². The van der Waals surface area contributed by atoms with E-state index in [0.717, 1.165) is 5.56 Å². The van der Waals surface area contributed by atoms with Gasteiger partial charge >= 0.3 is 5.97 Å². The quantitative estimate of drug-likeness (QED) is 0.440. The van der Waals surface area contributed by atoms with Gasteiger partial charge in [-0.05, 0) is 36.4 Å². The third-order valence-corrected chi connectivity index (χ3v) is 5.92. The predicted molar refractivity (Wildman–Crippen MR) is 102 cm³/mol. The average Bonchev–Trinajstić information content (AvgIpc) is 3.29. The van der Waals surface area contributed by atoms with Gasteiger partial charge in [0.2, 0.25) is 0 Å². The molecule has 0 spiro atoms. The first-order chi connectivity index (χ1) is 13.6. The van der Waals surface area contributed by atoms with Gasteiger partial charge in [-0.25, -0.2) is 0 Å². The Hall–Kier alpha value is -2.46. The third kappa shape index (κ3) is 4.02. The van der Waals surface area contributed by atoms with E-state index in [9.17, 15) is 13.6 Å². The Morgan fingerprint density at radius 1 is 1.18 bits per heavy atom. The number of esters is 1. The number of pyridine rings is 1. The summed E-state index contributed by atoms with van der Waals surface area (Å²) < 4.78 is 32.0. The first-order valence-electron chi connectivity index (χ1n) is 8.36. The highest BCUT2D eigenvalue weighted by molar-refractivity contribution is 8.00. The molecule has 2 aromatic heterocycles. The molecule has 28 heavy (non-hydrogen) atoms. The van der Waals surface area contributed by atoms with Crippen LogP contribution in [0.4, 0.5) is 8.78 Å². The summed E-state index contributed by atoms with van der Waals surface area (Å²) in [5, 5.41) is 8.70. The van der Waals surface area contributed by atoms with Gasteiger partial charge in [0.15, 0.2) is 11.0 Å². The highest BCUT2D eigenvalue weighted by atomic mass is 32.2. The molecule has 1 fully saturated rings. The van der Waals surface area contributed by atoms with E-state index < -0.39 is 5.76 Å². The van der Waals surface area contributed by atoms with Crippen LogP contribution < -0.4 is 0 Å². The number of alkyl halides is 2. The smallest absolute Gasteiger partial charge is 0.319 e. The van der Waals surface area contributed by atoms with Crippen LogP contribution >= 0.6 is 23.5 Å². The normalized spacial score (nSPS) is 16.5. The lowest BCUT2D eigenvalue weighted by atomic mass is 10.2. The molecule has 0 N–H and O–H groups in total. The Bertz CT molecular complexity index is 967. The van der Waals surface area contributed by atoms with Crippen molar-refractivity contribution >= 4 is 29.5 Å². The molecule has 3 aromatic rings. The number of aromatic nitrogens is 4. The van der Waals surface area contributed by atoms with Gasteiger partial charge in [-0.2, -0.15) is 8.78 Å². The van der Waals surface area contributed by atoms with Crippen LogP contribution in [0.25, 0.3) is 17.1 Å². The lowest BCUT2D eigenvalue weighted by Crippen LogP contribution is -2.11. The van der Waals surface area contributed by atoms with Crippen LogP contribution in [0.15, 0.2) is 58.8 Å². The van der Waals surface area contributed by atoms with Crippen LogP contribution in [-0.4, -0.2) is 43.3 Å². The second kappa shape index (κ2) is 8.27. The van der Waals surface area contributed by atoms with Crippen LogP contribution in [0, 0.1) is 0 Å². The lowest BCUT2D eigenvalue weighted by Gasteiger charge is -2.12. The molecular formula is C18H14F2N4O2S2. The van der Waals surface area contributed by atoms with E-state index in [0.29, 0.717) is 46.4 Å². The standard InChI is InChI=1S/C18H14F2N4O2S2/c19-17(20)27-13-5-3-12(4-6-13)24-15(11-2-1-8-21-10-11)22-23-18(24)28-14-7-9-26-16(14)25/h1-6,8,10,14,17H,7,9H2/t14-/m1/s1. The molecule has 1 aliphatic heterocycles. The maximum Gasteiger partial charge on any atom is 0.319 e. The Labute approximate surface area is 167 Å². The van der Waals surface area contributed by atoms with Crippen molar-refractivity contribution in [2.75, 3.05) is 6.61 Å². The van der Waals surface area contributed by atoms with Crippen LogP contribution in [0.2, 0.25) is 0 Å². The highest BCUT2D eigenvalue weighted by Crippen LogP contribution is 2.34. The summed E-state index contributed by atoms with van der Waals surface area (Å²) in [7, 11) is 0. The molecule has 0 saturated carbocycles. The zero-order valence-electron chi connectivity index (χ0n) is 14.4. The number of carbonyl (C=O) groups excluding carboxylic acids is 1. The minimum absolute atomic E-state index is 0.272. The molecular weight excluding hydrogens is 406 g/mol. The fourth-order valence-corrected chi connectivity index (χ4v) is 4.27. The molecule has 1 saturated heterocycles. The third-order valence-electron chi connectivity index (χ3n) is 4.01. The van der Waals surface area contributed by atoms with E-state index in [2.05, 4.69) is 15.2 Å². The van der Waals surface area contributed by atoms with E-state index in [1.807, 2.05) is 6.07 Å². The van der Waals surface area contributed by atoms with Gasteiger partial charge in [0.25, 0.3) is 5.76 Å². The van der Waals surface area contributed by atoms with Gasteiger partial charge in [0.05, 0.1) is 6.61 Å². The van der Waals surface area contributed by atoms with Crippen molar-refractivity contribution in [1.29, 1.82) is 0 Å². The van der Waals surface area contributed by atoms with Crippen LogP contribution in [0.1, 0.15) is 6.42 Å². The molecule has 3 heterocycles. The molecule has 0 amide bonds. The topological polar surface area (TPSA) is 69.9 Å². The van der Waals surface area contributed by atoms with Crippen molar-refractivity contribution in [3.8, 4) is 17.1 Å². The van der Waals surface area contributed by atoms with Crippen molar-refractivity contribution in [3.05, 3.63) is 48.8 Å². The highest BCUT2D eigenvalue weighted by Gasteiger charge is 2.30. The molecule has 4 rings (SSSR count). The summed E-state index contributed by atoms with van der Waals surface area (Å²) in [6.45, 7) is 0.389. The van der Waals surface area contributed by atoms with Gasteiger partial charge < -0.3 is 4.74 Å². The first-order valence-corrected chi connectivity index (χ1v) is 10.1. The maximum atomic E-state index is 12.6. The predicted octanol–water partition coefficient (Wildman–Crippen LogP) is 4.05. The summed E-state index contributed by atoms with van der Waals surface area (Å²) in [5.74, 6) is -2.20. The van der Waals surface area contributed by atoms with Crippen molar-refractivity contribution < 1.29 is 18.3 Å². The van der Waals surface area contributed by atoms with Crippen molar-refractivity contribution in [2.24, 2.45) is 0 Å². The Morgan fingerprint density at radius 2 is 2.00 bits per heavy atom. The van der Waals surface area contributed by atoms with Crippen molar-refractivity contribution in [1.82, 2.24) is 19.7 Å². The zero-order valence-corrected chi connectivity index (χ0v) is 16.0. The number of carbonyl (C=O) groups is 1. The minimum Gasteiger partial charge on any atom is -0.465 e.